The van der Waals surface area contributed by atoms with Gasteiger partial charge < -0.3 is 14.4 Å². The van der Waals surface area contributed by atoms with Gasteiger partial charge in [0.1, 0.15) is 11.8 Å². The zero-order valence-electron chi connectivity index (χ0n) is 14.4. The van der Waals surface area contributed by atoms with E-state index in [4.69, 9.17) is 4.42 Å². The molecule has 1 aliphatic heterocycles. The quantitative estimate of drug-likeness (QED) is 0.653. The van der Waals surface area contributed by atoms with Crippen LogP contribution < -0.4 is 0 Å². The lowest BCUT2D eigenvalue weighted by molar-refractivity contribution is -0.129. The van der Waals surface area contributed by atoms with Gasteiger partial charge in [0.2, 0.25) is 5.78 Å². The van der Waals surface area contributed by atoms with E-state index in [0.717, 1.165) is 5.56 Å². The molecule has 1 aliphatic rings. The van der Waals surface area contributed by atoms with Gasteiger partial charge in [-0.15, -0.1) is 11.3 Å². The molecule has 4 rings (SSSR count). The molecule has 0 saturated carbocycles. The number of carbonyl (C=O) groups excluding carboxylic acids is 2. The van der Waals surface area contributed by atoms with Crippen molar-refractivity contribution in [3.63, 3.8) is 0 Å². The van der Waals surface area contributed by atoms with Gasteiger partial charge in [0, 0.05) is 6.54 Å². The summed E-state index contributed by atoms with van der Waals surface area (Å²) < 4.78 is 5.51. The number of Topliss-reactive ketones (excluding diaryl/α,β-unsaturated/α-hetero) is 1. The number of aliphatic hydroxyl groups is 1. The summed E-state index contributed by atoms with van der Waals surface area (Å²) in [6.45, 7) is 0.361. The van der Waals surface area contributed by atoms with Crippen molar-refractivity contribution in [3.05, 3.63) is 93.8 Å². The molecule has 0 radical (unpaired) electrons. The van der Waals surface area contributed by atoms with Crippen molar-refractivity contribution in [1.82, 2.24) is 4.90 Å². The molecule has 136 valence electrons. The summed E-state index contributed by atoms with van der Waals surface area (Å²) in [7, 11) is 0. The molecule has 5 nitrogen and oxygen atoms in total. The molecular formula is C21H17NO4S. The van der Waals surface area contributed by atoms with Crippen LogP contribution in [-0.4, -0.2) is 28.2 Å². The molecule has 1 N–H and O–H groups in total. The molecular weight excluding hydrogens is 362 g/mol. The van der Waals surface area contributed by atoms with E-state index in [1.807, 2.05) is 30.3 Å². The van der Waals surface area contributed by atoms with E-state index in [-0.39, 0.29) is 11.4 Å². The largest absolute Gasteiger partial charge is 0.503 e. The average Bonchev–Trinajstić information content (AvgIpc) is 3.43. The van der Waals surface area contributed by atoms with Crippen molar-refractivity contribution >= 4 is 23.0 Å². The van der Waals surface area contributed by atoms with E-state index in [9.17, 15) is 14.7 Å². The second-order valence-corrected chi connectivity index (χ2v) is 7.17. The lowest BCUT2D eigenvalue weighted by Crippen LogP contribution is -2.32. The lowest BCUT2D eigenvalue weighted by atomic mass is 10.00. The number of thiophene rings is 1. The van der Waals surface area contributed by atoms with E-state index < -0.39 is 17.7 Å². The van der Waals surface area contributed by atoms with Crippen molar-refractivity contribution in [1.29, 1.82) is 0 Å². The summed E-state index contributed by atoms with van der Waals surface area (Å²) in [5, 5.41) is 12.3. The molecule has 3 aromatic rings. The average molecular weight is 379 g/mol. The fourth-order valence-electron chi connectivity index (χ4n) is 3.29. The van der Waals surface area contributed by atoms with E-state index >= 15 is 0 Å². The number of hydrogen-bond acceptors (Lipinski definition) is 5. The summed E-state index contributed by atoms with van der Waals surface area (Å²) in [4.78, 5) is 27.7. The van der Waals surface area contributed by atoms with E-state index in [2.05, 4.69) is 0 Å². The van der Waals surface area contributed by atoms with Gasteiger partial charge >= 0.3 is 0 Å². The standard InChI is InChI=1S/C21H17NO4S/c23-19(16-9-5-13-27-16)17-18(15-8-4-12-26-15)22(21(25)20(17)24)11-10-14-6-2-1-3-7-14/h1-9,12-13,18,24H,10-11H2. The third-order valence-electron chi connectivity index (χ3n) is 4.59. The molecule has 2 aromatic heterocycles. The molecule has 1 aromatic carbocycles. The maximum Gasteiger partial charge on any atom is 0.290 e. The van der Waals surface area contributed by atoms with Crippen molar-refractivity contribution in [2.75, 3.05) is 6.54 Å². The highest BCUT2D eigenvalue weighted by molar-refractivity contribution is 7.12. The molecule has 1 amide bonds. The van der Waals surface area contributed by atoms with Gasteiger partial charge in [0.15, 0.2) is 5.76 Å². The number of rotatable bonds is 6. The first kappa shape index (κ1) is 17.3. The first-order chi connectivity index (χ1) is 13.2. The molecule has 1 unspecified atom stereocenters. The molecule has 1 atom stereocenters. The highest BCUT2D eigenvalue weighted by Crippen LogP contribution is 2.39. The third kappa shape index (κ3) is 3.19. The van der Waals surface area contributed by atoms with Crippen molar-refractivity contribution < 1.29 is 19.1 Å². The van der Waals surface area contributed by atoms with Gasteiger partial charge in [-0.25, -0.2) is 0 Å². The number of aliphatic hydroxyl groups excluding tert-OH is 1. The molecule has 3 heterocycles. The topological polar surface area (TPSA) is 70.8 Å². The minimum atomic E-state index is -0.731. The Kier molecular flexibility index (Phi) is 4.64. The predicted molar refractivity (Wildman–Crippen MR) is 102 cm³/mol. The Morgan fingerprint density at radius 1 is 1.11 bits per heavy atom. The molecule has 6 heteroatoms. The van der Waals surface area contributed by atoms with Gasteiger partial charge in [-0.1, -0.05) is 36.4 Å². The fourth-order valence-corrected chi connectivity index (χ4v) is 3.97. The summed E-state index contributed by atoms with van der Waals surface area (Å²) in [5.74, 6) is -0.935. The normalized spacial score (nSPS) is 17.0. The lowest BCUT2D eigenvalue weighted by Gasteiger charge is -2.24. The monoisotopic (exact) mass is 379 g/mol. The summed E-state index contributed by atoms with van der Waals surface area (Å²) in [6, 6.07) is 15.9. The number of carbonyl (C=O) groups is 2. The zero-order valence-corrected chi connectivity index (χ0v) is 15.2. The van der Waals surface area contributed by atoms with Gasteiger partial charge in [-0.05, 0) is 35.6 Å². The van der Waals surface area contributed by atoms with Crippen LogP contribution in [0.15, 0.2) is 82.0 Å². The number of ketones is 1. The Morgan fingerprint density at radius 3 is 2.59 bits per heavy atom. The van der Waals surface area contributed by atoms with Crippen LogP contribution in [-0.2, 0) is 11.2 Å². The Morgan fingerprint density at radius 2 is 1.93 bits per heavy atom. The van der Waals surface area contributed by atoms with Crippen LogP contribution in [0.2, 0.25) is 0 Å². The first-order valence-corrected chi connectivity index (χ1v) is 9.44. The van der Waals surface area contributed by atoms with Gasteiger partial charge in [0.25, 0.3) is 5.91 Å². The van der Waals surface area contributed by atoms with E-state index in [1.165, 1.54) is 22.5 Å². The summed E-state index contributed by atoms with van der Waals surface area (Å²) in [6.07, 6.45) is 2.11. The van der Waals surface area contributed by atoms with Crippen LogP contribution in [0.3, 0.4) is 0 Å². The van der Waals surface area contributed by atoms with E-state index in [1.54, 1.807) is 29.6 Å². The Hall–Kier alpha value is -3.12. The van der Waals surface area contributed by atoms with E-state index in [0.29, 0.717) is 23.6 Å². The molecule has 0 saturated heterocycles. The Bertz CT molecular complexity index is 975. The highest BCUT2D eigenvalue weighted by Gasteiger charge is 2.45. The molecule has 0 bridgehead atoms. The molecule has 0 aliphatic carbocycles. The van der Waals surface area contributed by atoms with Gasteiger partial charge in [-0.3, -0.25) is 9.59 Å². The first-order valence-electron chi connectivity index (χ1n) is 8.56. The second kappa shape index (κ2) is 7.25. The van der Waals surface area contributed by atoms with Crippen LogP contribution in [0.25, 0.3) is 0 Å². The Labute approximate surface area is 160 Å². The number of furan rings is 1. The maximum atomic E-state index is 13.0. The number of benzene rings is 1. The predicted octanol–water partition coefficient (Wildman–Crippen LogP) is 4.16. The summed E-state index contributed by atoms with van der Waals surface area (Å²) >= 11 is 1.28. The third-order valence-corrected chi connectivity index (χ3v) is 5.46. The SMILES string of the molecule is O=C(C1=C(O)C(=O)N(CCc2ccccc2)C1c1ccco1)c1cccs1. The maximum absolute atomic E-state index is 13.0. The minimum absolute atomic E-state index is 0.0745. The van der Waals surface area contributed by atoms with Crippen molar-refractivity contribution in [2.45, 2.75) is 12.5 Å². The number of nitrogens with zero attached hydrogens (tertiary/aromatic N) is 1. The number of hydrogen-bond donors (Lipinski definition) is 1. The molecule has 0 fully saturated rings. The second-order valence-electron chi connectivity index (χ2n) is 6.22. The van der Waals surface area contributed by atoms with Gasteiger partial charge in [-0.2, -0.15) is 0 Å². The van der Waals surface area contributed by atoms with Crippen LogP contribution in [0.5, 0.6) is 0 Å². The molecule has 0 spiro atoms. The fraction of sp³-hybridized carbons (Fsp3) is 0.143. The van der Waals surface area contributed by atoms with Gasteiger partial charge in [0.05, 0.1) is 16.7 Å². The van der Waals surface area contributed by atoms with Crippen molar-refractivity contribution in [2.24, 2.45) is 0 Å². The highest BCUT2D eigenvalue weighted by atomic mass is 32.1. The van der Waals surface area contributed by atoms with Crippen LogP contribution in [0.4, 0.5) is 0 Å². The zero-order chi connectivity index (χ0) is 18.8. The van der Waals surface area contributed by atoms with Crippen LogP contribution >= 0.6 is 11.3 Å². The van der Waals surface area contributed by atoms with Crippen LogP contribution in [0.1, 0.15) is 27.0 Å². The summed E-state index contributed by atoms with van der Waals surface area (Å²) in [5.41, 5.74) is 1.14. The van der Waals surface area contributed by atoms with Crippen molar-refractivity contribution in [3.8, 4) is 0 Å². The minimum Gasteiger partial charge on any atom is -0.503 e. The smallest absolute Gasteiger partial charge is 0.290 e. The number of amides is 1. The van der Waals surface area contributed by atoms with Crippen LogP contribution in [0, 0.1) is 0 Å². The Balaban J connectivity index is 1.68. The molecule has 27 heavy (non-hydrogen) atoms.